The van der Waals surface area contributed by atoms with Crippen LogP contribution in [0.5, 0.6) is 0 Å². The Labute approximate surface area is 132 Å². The Bertz CT molecular complexity index is 438. The summed E-state index contributed by atoms with van der Waals surface area (Å²) in [4.78, 5) is 13.2. The third-order valence-electron chi connectivity index (χ3n) is 2.42. The highest BCUT2D eigenvalue weighted by molar-refractivity contribution is 8.01. The monoisotopic (exact) mass is 317 g/mol. The number of ether oxygens (including phenoxy) is 1. The van der Waals surface area contributed by atoms with Gasteiger partial charge in [-0.3, -0.25) is 4.79 Å². The number of nitrogens with two attached hydrogens (primary N) is 1. The van der Waals surface area contributed by atoms with E-state index in [1.807, 2.05) is 58.9 Å². The Hall–Kier alpha value is -0.710. The molecule has 1 aromatic rings. The van der Waals surface area contributed by atoms with Gasteiger partial charge in [-0.25, -0.2) is 0 Å². The number of rotatable bonds is 4. The van der Waals surface area contributed by atoms with Crippen molar-refractivity contribution in [2.24, 2.45) is 5.73 Å². The van der Waals surface area contributed by atoms with Crippen LogP contribution in [0, 0.1) is 0 Å². The molecular formula is C15H24ClNO2S. The molecular weight excluding hydrogens is 294 g/mol. The normalized spacial score (nSPS) is 11.7. The maximum Gasteiger partial charge on any atom is 0.322 e. The molecule has 3 nitrogen and oxygen atoms in total. The number of esters is 1. The van der Waals surface area contributed by atoms with Crippen molar-refractivity contribution in [2.75, 3.05) is 0 Å². The number of thioether (sulfide) groups is 1. The second kappa shape index (κ2) is 7.34. The minimum absolute atomic E-state index is 0. The average molecular weight is 318 g/mol. The number of carbonyl (C=O) groups is 1. The van der Waals surface area contributed by atoms with Crippen LogP contribution in [0.4, 0.5) is 0 Å². The average Bonchev–Trinajstić information content (AvgIpc) is 2.27. The first-order valence-electron chi connectivity index (χ1n) is 6.35. The molecule has 0 unspecified atom stereocenters. The SMILES string of the molecule is CC(C)(C)OC(=O)C(C)(C)Sc1ccc(CN)cc1.Cl. The fraction of sp³-hybridized carbons (Fsp3) is 0.533. The molecule has 1 rings (SSSR count). The number of carbonyl (C=O) groups excluding carboxylic acids is 1. The second-order valence-electron chi connectivity index (χ2n) is 5.96. The molecule has 0 spiro atoms. The molecule has 0 fully saturated rings. The maximum absolute atomic E-state index is 12.1. The van der Waals surface area contributed by atoms with Crippen LogP contribution in [-0.2, 0) is 16.1 Å². The van der Waals surface area contributed by atoms with Gasteiger partial charge in [0.15, 0.2) is 0 Å². The van der Waals surface area contributed by atoms with Crippen LogP contribution < -0.4 is 5.73 Å². The van der Waals surface area contributed by atoms with Gasteiger partial charge in [-0.15, -0.1) is 24.2 Å². The third-order valence-corrected chi connectivity index (χ3v) is 3.61. The minimum atomic E-state index is -0.614. The van der Waals surface area contributed by atoms with Gasteiger partial charge >= 0.3 is 5.97 Å². The van der Waals surface area contributed by atoms with Gasteiger partial charge in [0.2, 0.25) is 0 Å². The van der Waals surface area contributed by atoms with Gasteiger partial charge in [-0.1, -0.05) is 12.1 Å². The summed E-state index contributed by atoms with van der Waals surface area (Å²) in [5, 5.41) is 0. The Morgan fingerprint density at radius 2 is 1.65 bits per heavy atom. The molecule has 0 saturated heterocycles. The maximum atomic E-state index is 12.1. The van der Waals surface area contributed by atoms with Gasteiger partial charge in [0.25, 0.3) is 0 Å². The highest BCUT2D eigenvalue weighted by Crippen LogP contribution is 2.34. The summed E-state index contributed by atoms with van der Waals surface area (Å²) < 4.78 is 4.83. The molecule has 0 aliphatic carbocycles. The van der Waals surface area contributed by atoms with Crippen LogP contribution in [0.3, 0.4) is 0 Å². The second-order valence-corrected chi connectivity index (χ2v) is 7.66. The Balaban J connectivity index is 0.00000361. The molecule has 0 radical (unpaired) electrons. The summed E-state index contributed by atoms with van der Waals surface area (Å²) in [7, 11) is 0. The molecule has 2 N–H and O–H groups in total. The molecule has 1 aromatic carbocycles. The Morgan fingerprint density at radius 1 is 1.15 bits per heavy atom. The molecule has 0 atom stereocenters. The van der Waals surface area contributed by atoms with E-state index in [1.54, 1.807) is 0 Å². The lowest BCUT2D eigenvalue weighted by atomic mass is 10.1. The summed E-state index contributed by atoms with van der Waals surface area (Å²) in [6.07, 6.45) is 0. The molecule has 20 heavy (non-hydrogen) atoms. The molecule has 0 heterocycles. The fourth-order valence-electron chi connectivity index (χ4n) is 1.43. The van der Waals surface area contributed by atoms with Crippen LogP contribution in [0.2, 0.25) is 0 Å². The van der Waals surface area contributed by atoms with Crippen molar-refractivity contribution in [2.45, 2.75) is 56.4 Å². The smallest absolute Gasteiger partial charge is 0.322 e. The van der Waals surface area contributed by atoms with Crippen molar-refractivity contribution in [1.82, 2.24) is 0 Å². The minimum Gasteiger partial charge on any atom is -0.459 e. The van der Waals surface area contributed by atoms with E-state index in [9.17, 15) is 4.79 Å². The van der Waals surface area contributed by atoms with E-state index in [0.717, 1.165) is 10.5 Å². The van der Waals surface area contributed by atoms with Crippen LogP contribution >= 0.6 is 24.2 Å². The quantitative estimate of drug-likeness (QED) is 0.678. The standard InChI is InChI=1S/C15H23NO2S.ClH/c1-14(2,3)18-13(17)15(4,5)19-12-8-6-11(10-16)7-9-12;/h6-9H,10,16H2,1-5H3;1H. The Kier molecular flexibility index (Phi) is 7.08. The molecule has 0 aromatic heterocycles. The molecule has 0 aliphatic rings. The summed E-state index contributed by atoms with van der Waals surface area (Å²) in [5.74, 6) is -0.201. The number of hydrogen-bond acceptors (Lipinski definition) is 4. The molecule has 0 aliphatic heterocycles. The van der Waals surface area contributed by atoms with E-state index in [0.29, 0.717) is 6.54 Å². The fourth-order valence-corrected chi connectivity index (χ4v) is 2.42. The number of halogens is 1. The highest BCUT2D eigenvalue weighted by Gasteiger charge is 2.33. The zero-order valence-corrected chi connectivity index (χ0v) is 14.4. The van der Waals surface area contributed by atoms with Crippen LogP contribution in [0.25, 0.3) is 0 Å². The molecule has 0 amide bonds. The van der Waals surface area contributed by atoms with E-state index < -0.39 is 10.3 Å². The van der Waals surface area contributed by atoms with Crippen molar-refractivity contribution in [3.8, 4) is 0 Å². The van der Waals surface area contributed by atoms with Gasteiger partial charge in [0.05, 0.1) is 0 Å². The van der Waals surface area contributed by atoms with Gasteiger partial charge in [0.1, 0.15) is 10.3 Å². The Morgan fingerprint density at radius 3 is 2.05 bits per heavy atom. The molecule has 5 heteroatoms. The highest BCUT2D eigenvalue weighted by atomic mass is 35.5. The van der Waals surface area contributed by atoms with Crippen molar-refractivity contribution in [3.05, 3.63) is 29.8 Å². The molecule has 0 saturated carbocycles. The van der Waals surface area contributed by atoms with Crippen molar-refractivity contribution in [1.29, 1.82) is 0 Å². The van der Waals surface area contributed by atoms with Gasteiger partial charge in [-0.2, -0.15) is 0 Å². The van der Waals surface area contributed by atoms with Gasteiger partial charge in [-0.05, 0) is 52.3 Å². The summed E-state index contributed by atoms with van der Waals surface area (Å²) in [6.45, 7) is 9.91. The van der Waals surface area contributed by atoms with Gasteiger partial charge < -0.3 is 10.5 Å². The molecule has 0 bridgehead atoms. The van der Waals surface area contributed by atoms with Crippen LogP contribution in [0.15, 0.2) is 29.2 Å². The van der Waals surface area contributed by atoms with Crippen LogP contribution in [0.1, 0.15) is 40.2 Å². The zero-order chi connectivity index (χ0) is 14.7. The van der Waals surface area contributed by atoms with E-state index in [1.165, 1.54) is 11.8 Å². The van der Waals surface area contributed by atoms with Gasteiger partial charge in [0, 0.05) is 11.4 Å². The first-order chi connectivity index (χ1) is 8.64. The summed E-state index contributed by atoms with van der Waals surface area (Å²) in [5.41, 5.74) is 6.19. The van der Waals surface area contributed by atoms with Crippen molar-refractivity contribution >= 4 is 30.1 Å². The van der Waals surface area contributed by atoms with E-state index in [2.05, 4.69) is 0 Å². The zero-order valence-electron chi connectivity index (χ0n) is 12.7. The molecule has 114 valence electrons. The van der Waals surface area contributed by atoms with Crippen molar-refractivity contribution in [3.63, 3.8) is 0 Å². The van der Waals surface area contributed by atoms with Crippen LogP contribution in [-0.4, -0.2) is 16.3 Å². The van der Waals surface area contributed by atoms with Crippen molar-refractivity contribution < 1.29 is 9.53 Å². The summed E-state index contributed by atoms with van der Waals surface area (Å²) >= 11 is 1.50. The van der Waals surface area contributed by atoms with E-state index in [4.69, 9.17) is 10.5 Å². The number of hydrogen-bond donors (Lipinski definition) is 1. The topological polar surface area (TPSA) is 52.3 Å². The lowest BCUT2D eigenvalue weighted by Crippen LogP contribution is -2.36. The van der Waals surface area contributed by atoms with E-state index >= 15 is 0 Å². The summed E-state index contributed by atoms with van der Waals surface area (Å²) in [6, 6.07) is 7.93. The predicted octanol–water partition coefficient (Wildman–Crippen LogP) is 3.78. The van der Waals surface area contributed by atoms with E-state index in [-0.39, 0.29) is 18.4 Å². The number of benzene rings is 1. The first kappa shape index (κ1) is 19.3. The third kappa shape index (κ3) is 6.16. The largest absolute Gasteiger partial charge is 0.459 e. The first-order valence-corrected chi connectivity index (χ1v) is 7.17. The lowest BCUT2D eigenvalue weighted by molar-refractivity contribution is -0.156. The lowest BCUT2D eigenvalue weighted by Gasteiger charge is -2.28. The predicted molar refractivity (Wildman–Crippen MR) is 87.4 cm³/mol.